The van der Waals surface area contributed by atoms with Crippen molar-refractivity contribution in [2.24, 2.45) is 0 Å². The predicted molar refractivity (Wildman–Crippen MR) is 249 cm³/mol. The highest BCUT2D eigenvalue weighted by molar-refractivity contribution is 7.52. The normalized spacial score (nSPS) is 18.5. The fraction of sp³-hybridized carbons (Fsp3) is 0.571. The van der Waals surface area contributed by atoms with Crippen molar-refractivity contribution in [3.8, 4) is 18.1 Å². The summed E-state index contributed by atoms with van der Waals surface area (Å²) in [6.45, 7) is 3.94. The van der Waals surface area contributed by atoms with Gasteiger partial charge in [-0.1, -0.05) is 165 Å². The van der Waals surface area contributed by atoms with Crippen LogP contribution in [0.15, 0.2) is 67.0 Å². The van der Waals surface area contributed by atoms with E-state index in [1.807, 2.05) is 30.3 Å². The quantitative estimate of drug-likeness (QED) is 0.0160. The maximum atomic E-state index is 15.1. The van der Waals surface area contributed by atoms with E-state index < -0.39 is 56.3 Å². The lowest BCUT2D eigenvalue weighted by Crippen LogP contribution is -2.46. The van der Waals surface area contributed by atoms with Gasteiger partial charge in [0.25, 0.3) is 0 Å². The zero-order valence-corrected chi connectivity index (χ0v) is 39.1. The highest BCUT2D eigenvalue weighted by atomic mass is 31.2. The molecule has 0 amide bonds. The van der Waals surface area contributed by atoms with Crippen LogP contribution in [0.25, 0.3) is 11.2 Å². The summed E-state index contributed by atoms with van der Waals surface area (Å²) in [4.78, 5) is 39.1. The third kappa shape index (κ3) is 16.2. The van der Waals surface area contributed by atoms with Gasteiger partial charge in [0.15, 0.2) is 22.6 Å². The average molecular weight is 919 g/mol. The smallest absolute Gasteiger partial charge is 0.459 e. The topological polar surface area (TPSA) is 179 Å². The summed E-state index contributed by atoms with van der Waals surface area (Å²) >= 11 is 0. The Morgan fingerprint density at radius 2 is 1.51 bits per heavy atom. The molecule has 14 nitrogen and oxygen atoms in total. The lowest BCUT2D eigenvalue weighted by Gasteiger charge is -2.31. The Morgan fingerprint density at radius 1 is 0.908 bits per heavy atom. The second-order valence-corrected chi connectivity index (χ2v) is 18.5. The van der Waals surface area contributed by atoms with Gasteiger partial charge in [-0.25, -0.2) is 9.55 Å². The first-order valence-electron chi connectivity index (χ1n) is 23.6. The molecule has 1 aliphatic rings. The maximum absolute atomic E-state index is 15.1. The molecule has 5 rings (SSSR count). The number of nitrogen functional groups attached to an aromatic ring is 1. The first kappa shape index (κ1) is 51.1. The number of terminal acetylenes is 1. The number of anilines is 1. The Hall–Kier alpha value is -4.87. The van der Waals surface area contributed by atoms with Crippen LogP contribution in [-0.2, 0) is 39.3 Å². The van der Waals surface area contributed by atoms with E-state index in [-0.39, 0.29) is 48.6 Å². The molecule has 3 heterocycles. The molecule has 2 aromatic heterocycles. The monoisotopic (exact) mass is 918 g/mol. The zero-order chi connectivity index (χ0) is 46.3. The highest BCUT2D eigenvalue weighted by Gasteiger charge is 2.53. The van der Waals surface area contributed by atoms with Crippen LogP contribution in [0.4, 0.5) is 10.2 Å². The van der Waals surface area contributed by atoms with Crippen LogP contribution in [0, 0.1) is 18.4 Å². The summed E-state index contributed by atoms with van der Waals surface area (Å²) in [5, 5.41) is 2.88. The number of carbonyl (C=O) groups excluding carboxylic acids is 2. The first-order valence-corrected chi connectivity index (χ1v) is 25.1. The number of aromatic nitrogens is 4. The van der Waals surface area contributed by atoms with Crippen molar-refractivity contribution < 1.29 is 41.8 Å². The summed E-state index contributed by atoms with van der Waals surface area (Å²) in [5.74, 6) is 1.49. The Balaban J connectivity index is 1.35. The van der Waals surface area contributed by atoms with Crippen molar-refractivity contribution in [2.75, 3.05) is 18.9 Å². The second-order valence-electron chi connectivity index (χ2n) is 16.8. The number of unbranched alkanes of at least 4 members (excludes halogenated alkanes) is 15. The van der Waals surface area contributed by atoms with Gasteiger partial charge in [0.05, 0.1) is 12.9 Å². The molecule has 0 saturated carbocycles. The van der Waals surface area contributed by atoms with Crippen LogP contribution in [-0.4, -0.2) is 62.4 Å². The standard InChI is InChI=1S/C49H68FN6O8P/c1-4-7-9-11-13-14-15-17-19-27-33-60-47(58)40(34-38-28-22-20-23-29-38)55-65(59,64-39-30-24-21-25-31-39)61-36-49(6-3)41(62-43(57)32-26-18-16-12-10-8-5-2)35-42(63-49)56-37-52-44-45(51)53-48(50)54-46(44)56/h3,20-25,28-31,37,40-42H,4-5,7-19,26-27,32-36H2,1-2H3,(H,55,59)(H2,51,53,54)/t40-,41-,42+,49+,65-/m0/s1. The summed E-state index contributed by atoms with van der Waals surface area (Å²) in [6, 6.07) is 16.4. The van der Waals surface area contributed by atoms with Gasteiger partial charge in [0, 0.05) is 12.8 Å². The van der Waals surface area contributed by atoms with Crippen molar-refractivity contribution in [2.45, 2.75) is 166 Å². The average Bonchev–Trinajstić information content (AvgIpc) is 3.89. The number of carbonyl (C=O) groups is 2. The number of nitrogens with zero attached hydrogens (tertiary/aromatic N) is 4. The number of nitrogens with two attached hydrogens (primary N) is 1. The number of ether oxygens (including phenoxy) is 3. The number of esters is 2. The van der Waals surface area contributed by atoms with Crippen LogP contribution >= 0.6 is 7.75 Å². The van der Waals surface area contributed by atoms with E-state index >= 15 is 4.57 Å². The van der Waals surface area contributed by atoms with Gasteiger partial charge in [0.2, 0.25) is 0 Å². The summed E-state index contributed by atoms with van der Waals surface area (Å²) in [5.41, 5.74) is 5.03. The molecule has 354 valence electrons. The van der Waals surface area contributed by atoms with Gasteiger partial charge in [-0.2, -0.15) is 19.4 Å². The van der Waals surface area contributed by atoms with Gasteiger partial charge in [-0.05, 0) is 37.0 Å². The van der Waals surface area contributed by atoms with Gasteiger partial charge in [0.1, 0.15) is 30.7 Å². The maximum Gasteiger partial charge on any atom is 0.459 e. The zero-order valence-electron chi connectivity index (χ0n) is 38.2. The van der Waals surface area contributed by atoms with Crippen LogP contribution in [0.1, 0.15) is 148 Å². The van der Waals surface area contributed by atoms with Gasteiger partial charge >= 0.3 is 25.8 Å². The molecule has 1 saturated heterocycles. The minimum atomic E-state index is -4.56. The van der Waals surface area contributed by atoms with Crippen molar-refractivity contribution in [1.29, 1.82) is 0 Å². The lowest BCUT2D eigenvalue weighted by atomic mass is 9.98. The van der Waals surface area contributed by atoms with E-state index in [4.69, 9.17) is 35.4 Å². The minimum Gasteiger partial charge on any atom is -0.465 e. The van der Waals surface area contributed by atoms with E-state index in [1.165, 1.54) is 55.8 Å². The van der Waals surface area contributed by atoms with Crippen LogP contribution in [0.2, 0.25) is 0 Å². The molecule has 0 unspecified atom stereocenters. The fourth-order valence-electron chi connectivity index (χ4n) is 7.89. The molecule has 4 aromatic rings. The number of hydrogen-bond acceptors (Lipinski definition) is 12. The molecule has 0 radical (unpaired) electrons. The molecule has 0 spiro atoms. The fourth-order valence-corrected chi connectivity index (χ4v) is 9.41. The number of rotatable bonds is 31. The first-order chi connectivity index (χ1) is 31.6. The lowest BCUT2D eigenvalue weighted by molar-refractivity contribution is -0.158. The van der Waals surface area contributed by atoms with E-state index in [0.717, 1.165) is 56.9 Å². The number of hydrogen-bond donors (Lipinski definition) is 2. The second kappa shape index (κ2) is 26.9. The van der Waals surface area contributed by atoms with Crippen LogP contribution in [0.3, 0.4) is 0 Å². The molecule has 5 atom stereocenters. The minimum absolute atomic E-state index is 0.0294. The summed E-state index contributed by atoms with van der Waals surface area (Å²) in [7, 11) is -4.56. The molecule has 0 bridgehead atoms. The van der Waals surface area contributed by atoms with Gasteiger partial charge in [-0.3, -0.25) is 18.7 Å². The summed E-state index contributed by atoms with van der Waals surface area (Å²) < 4.78 is 61.7. The van der Waals surface area contributed by atoms with Crippen molar-refractivity contribution in [3.05, 3.63) is 78.6 Å². The van der Waals surface area contributed by atoms with Crippen LogP contribution < -0.4 is 15.3 Å². The van der Waals surface area contributed by atoms with Crippen molar-refractivity contribution >= 4 is 36.7 Å². The number of benzene rings is 2. The highest BCUT2D eigenvalue weighted by Crippen LogP contribution is 2.49. The Kier molecular flexibility index (Phi) is 21.2. The third-order valence-corrected chi connectivity index (χ3v) is 13.1. The predicted octanol–water partition coefficient (Wildman–Crippen LogP) is 10.8. The van der Waals surface area contributed by atoms with E-state index in [0.29, 0.717) is 12.8 Å². The van der Waals surface area contributed by atoms with Crippen molar-refractivity contribution in [3.63, 3.8) is 0 Å². The van der Waals surface area contributed by atoms with Gasteiger partial charge < -0.3 is 24.5 Å². The molecule has 65 heavy (non-hydrogen) atoms. The molecule has 1 fully saturated rings. The van der Waals surface area contributed by atoms with E-state index in [2.05, 4.69) is 39.8 Å². The van der Waals surface area contributed by atoms with Crippen LogP contribution in [0.5, 0.6) is 5.75 Å². The molecule has 2 aromatic carbocycles. The molecule has 0 aliphatic carbocycles. The van der Waals surface area contributed by atoms with Gasteiger partial charge in [-0.15, -0.1) is 6.42 Å². The number of fused-ring (bicyclic) bond motifs is 1. The number of nitrogens with one attached hydrogen (secondary N) is 1. The Bertz CT molecular complexity index is 2140. The molecule has 16 heteroatoms. The Morgan fingerprint density at radius 3 is 2.14 bits per heavy atom. The molecule has 1 aliphatic heterocycles. The molecular weight excluding hydrogens is 851 g/mol. The van der Waals surface area contributed by atoms with Crippen molar-refractivity contribution in [1.82, 2.24) is 24.6 Å². The summed E-state index contributed by atoms with van der Waals surface area (Å²) in [6.07, 6.45) is 22.9. The number of imidazole rings is 1. The van der Waals surface area contributed by atoms with E-state index in [1.54, 1.807) is 30.3 Å². The van der Waals surface area contributed by atoms with E-state index in [9.17, 15) is 14.0 Å². The molecular formula is C49H68FN6O8P. The number of para-hydroxylation sites is 1. The third-order valence-electron chi connectivity index (χ3n) is 11.6. The largest absolute Gasteiger partial charge is 0.465 e. The molecule has 3 N–H and O–H groups in total. The SMILES string of the molecule is C#C[C@]1(CO[P@@](=O)(N[C@@H](Cc2ccccc2)C(=O)OCCCCCCCCCCCC)Oc2ccccc2)O[C@@H](n2cnc3c(N)nc(F)nc32)C[C@@H]1OC(=O)CCCCCCCCC. The Labute approximate surface area is 383 Å². The number of halogens is 1.